The van der Waals surface area contributed by atoms with Crippen molar-refractivity contribution in [2.45, 2.75) is 6.10 Å². The lowest BCUT2D eigenvalue weighted by molar-refractivity contribution is -0.131. The van der Waals surface area contributed by atoms with Crippen LogP contribution in [0.1, 0.15) is 9.67 Å². The van der Waals surface area contributed by atoms with Crippen LogP contribution in [0, 0.1) is 0 Å². The van der Waals surface area contributed by atoms with Crippen LogP contribution in [0.5, 0.6) is 11.5 Å². The van der Waals surface area contributed by atoms with Crippen molar-refractivity contribution < 1.29 is 19.1 Å². The third-order valence-corrected chi connectivity index (χ3v) is 4.52. The largest absolute Gasteiger partial charge is 0.485 e. The zero-order chi connectivity index (χ0) is 15.5. The highest BCUT2D eigenvalue weighted by Gasteiger charge is 2.27. The van der Waals surface area contributed by atoms with E-state index >= 15 is 0 Å². The predicted molar refractivity (Wildman–Crippen MR) is 84.0 cm³/mol. The Labute approximate surface area is 138 Å². The van der Waals surface area contributed by atoms with Crippen LogP contribution < -0.4 is 20.3 Å². The van der Waals surface area contributed by atoms with Crippen molar-refractivity contribution in [1.82, 2.24) is 10.9 Å². The van der Waals surface area contributed by atoms with Gasteiger partial charge in [0.25, 0.3) is 11.8 Å². The molecule has 0 bridgehead atoms. The number of thiophene rings is 1. The number of amides is 2. The van der Waals surface area contributed by atoms with Crippen molar-refractivity contribution >= 4 is 39.1 Å². The van der Waals surface area contributed by atoms with Gasteiger partial charge in [-0.2, -0.15) is 0 Å². The normalized spacial score (nSPS) is 16.0. The maximum atomic E-state index is 12.0. The topological polar surface area (TPSA) is 76.7 Å². The zero-order valence-corrected chi connectivity index (χ0v) is 13.6. The second-order valence-corrected chi connectivity index (χ2v) is 6.87. The molecule has 2 heterocycles. The molecule has 0 unspecified atom stereocenters. The SMILES string of the molecule is O=C(NNC(=O)[C@H]1COc2ccccc2O1)c1ccc(Br)s1. The summed E-state index contributed by atoms with van der Waals surface area (Å²) in [6, 6.07) is 10.5. The summed E-state index contributed by atoms with van der Waals surface area (Å²) in [5, 5.41) is 0. The number of rotatable bonds is 2. The molecule has 0 radical (unpaired) electrons. The Bertz CT molecular complexity index is 718. The molecule has 114 valence electrons. The number of carbonyl (C=O) groups excluding carboxylic acids is 2. The third-order valence-electron chi connectivity index (χ3n) is 2.90. The molecule has 6 nitrogen and oxygen atoms in total. The first-order valence-corrected chi connectivity index (χ1v) is 7.98. The molecule has 1 aliphatic rings. The van der Waals surface area contributed by atoms with Crippen molar-refractivity contribution in [3.05, 3.63) is 45.1 Å². The summed E-state index contributed by atoms with van der Waals surface area (Å²) in [6.45, 7) is 0.0866. The van der Waals surface area contributed by atoms with Gasteiger partial charge in [-0.05, 0) is 40.2 Å². The second-order valence-electron chi connectivity index (χ2n) is 4.41. The van der Waals surface area contributed by atoms with Crippen molar-refractivity contribution in [3.8, 4) is 11.5 Å². The fourth-order valence-corrected chi connectivity index (χ4v) is 3.13. The molecular formula is C14H11BrN2O4S. The number of hydrogen-bond donors (Lipinski definition) is 2. The Hall–Kier alpha value is -2.06. The molecule has 0 saturated heterocycles. The summed E-state index contributed by atoms with van der Waals surface area (Å²) in [7, 11) is 0. The first-order valence-electron chi connectivity index (χ1n) is 6.37. The number of nitrogens with one attached hydrogen (secondary N) is 2. The van der Waals surface area contributed by atoms with Crippen molar-refractivity contribution in [2.75, 3.05) is 6.61 Å². The molecule has 1 aliphatic heterocycles. The predicted octanol–water partition coefficient (Wildman–Crippen LogP) is 2.11. The maximum Gasteiger partial charge on any atom is 0.283 e. The van der Waals surface area contributed by atoms with E-state index in [9.17, 15) is 9.59 Å². The number of para-hydroxylation sites is 2. The third kappa shape index (κ3) is 3.23. The minimum absolute atomic E-state index is 0.0866. The van der Waals surface area contributed by atoms with E-state index in [4.69, 9.17) is 9.47 Å². The molecule has 0 saturated carbocycles. The fourth-order valence-electron chi connectivity index (χ4n) is 1.85. The van der Waals surface area contributed by atoms with Gasteiger partial charge in [-0.15, -0.1) is 11.3 Å². The monoisotopic (exact) mass is 382 g/mol. The van der Waals surface area contributed by atoms with Crippen molar-refractivity contribution in [3.63, 3.8) is 0 Å². The standard InChI is InChI=1S/C14H11BrN2O4S/c15-12-6-5-11(22-12)14(19)17-16-13(18)10-7-20-8-3-1-2-4-9(8)21-10/h1-6,10H,7H2,(H,16,18)(H,17,19)/t10-/m1/s1. The molecule has 1 aromatic carbocycles. The molecule has 1 atom stereocenters. The lowest BCUT2D eigenvalue weighted by Gasteiger charge is -2.25. The number of halogens is 1. The van der Waals surface area contributed by atoms with E-state index < -0.39 is 12.0 Å². The van der Waals surface area contributed by atoms with Crippen LogP contribution in [0.4, 0.5) is 0 Å². The molecule has 3 rings (SSSR count). The highest BCUT2D eigenvalue weighted by atomic mass is 79.9. The van der Waals surface area contributed by atoms with Gasteiger partial charge >= 0.3 is 0 Å². The van der Waals surface area contributed by atoms with Crippen molar-refractivity contribution in [1.29, 1.82) is 0 Å². The summed E-state index contributed by atoms with van der Waals surface area (Å²) >= 11 is 4.54. The van der Waals surface area contributed by atoms with Gasteiger partial charge in [-0.25, -0.2) is 0 Å². The Morgan fingerprint density at radius 3 is 2.64 bits per heavy atom. The van der Waals surface area contributed by atoms with E-state index in [1.54, 1.807) is 30.3 Å². The zero-order valence-electron chi connectivity index (χ0n) is 11.2. The lowest BCUT2D eigenvalue weighted by atomic mass is 10.2. The number of benzene rings is 1. The Kier molecular flexibility index (Phi) is 4.30. The first kappa shape index (κ1) is 14.9. The van der Waals surface area contributed by atoms with E-state index in [-0.39, 0.29) is 12.5 Å². The van der Waals surface area contributed by atoms with E-state index in [1.165, 1.54) is 11.3 Å². The van der Waals surface area contributed by atoms with Crippen LogP contribution in [0.15, 0.2) is 40.2 Å². The highest BCUT2D eigenvalue weighted by molar-refractivity contribution is 9.11. The molecule has 0 spiro atoms. The fraction of sp³-hybridized carbons (Fsp3) is 0.143. The summed E-state index contributed by atoms with van der Waals surface area (Å²) in [6.07, 6.45) is -0.815. The summed E-state index contributed by atoms with van der Waals surface area (Å²) < 4.78 is 11.8. The van der Waals surface area contributed by atoms with Gasteiger partial charge < -0.3 is 9.47 Å². The molecule has 0 aliphatic carbocycles. The van der Waals surface area contributed by atoms with Gasteiger partial charge in [0.05, 0.1) is 8.66 Å². The number of fused-ring (bicyclic) bond motifs is 1. The molecule has 2 N–H and O–H groups in total. The van der Waals surface area contributed by atoms with Crippen LogP contribution >= 0.6 is 27.3 Å². The first-order chi connectivity index (χ1) is 10.6. The number of hydrogen-bond acceptors (Lipinski definition) is 5. The maximum absolute atomic E-state index is 12.0. The molecule has 8 heteroatoms. The molecule has 2 aromatic rings. The average Bonchev–Trinajstić information content (AvgIpc) is 2.98. The van der Waals surface area contributed by atoms with Crippen LogP contribution in [0.3, 0.4) is 0 Å². The van der Waals surface area contributed by atoms with E-state index in [0.717, 1.165) is 3.79 Å². The highest BCUT2D eigenvalue weighted by Crippen LogP contribution is 2.30. The van der Waals surface area contributed by atoms with Gasteiger partial charge in [0.1, 0.15) is 6.61 Å². The minimum atomic E-state index is -0.815. The smallest absolute Gasteiger partial charge is 0.283 e. The number of hydrazine groups is 1. The van der Waals surface area contributed by atoms with Gasteiger partial charge in [-0.3, -0.25) is 20.4 Å². The Morgan fingerprint density at radius 1 is 1.14 bits per heavy atom. The van der Waals surface area contributed by atoms with Gasteiger partial charge in [0, 0.05) is 0 Å². The molecular weight excluding hydrogens is 372 g/mol. The second kappa shape index (κ2) is 6.37. The molecule has 0 fully saturated rings. The quantitative estimate of drug-likeness (QED) is 0.779. The van der Waals surface area contributed by atoms with Crippen LogP contribution in [0.2, 0.25) is 0 Å². The van der Waals surface area contributed by atoms with E-state index in [1.807, 2.05) is 6.07 Å². The molecule has 22 heavy (non-hydrogen) atoms. The van der Waals surface area contributed by atoms with Crippen molar-refractivity contribution in [2.24, 2.45) is 0 Å². The van der Waals surface area contributed by atoms with Crippen LogP contribution in [0.25, 0.3) is 0 Å². The summed E-state index contributed by atoms with van der Waals surface area (Å²) in [5.74, 6) is 0.237. The molecule has 1 aromatic heterocycles. The van der Waals surface area contributed by atoms with Crippen LogP contribution in [-0.2, 0) is 4.79 Å². The molecule has 2 amide bonds. The van der Waals surface area contributed by atoms with Gasteiger partial charge in [0.15, 0.2) is 11.5 Å². The number of ether oxygens (including phenoxy) is 2. The van der Waals surface area contributed by atoms with Gasteiger partial charge in [-0.1, -0.05) is 12.1 Å². The van der Waals surface area contributed by atoms with E-state index in [0.29, 0.717) is 16.4 Å². The van der Waals surface area contributed by atoms with Crippen LogP contribution in [-0.4, -0.2) is 24.5 Å². The van der Waals surface area contributed by atoms with Gasteiger partial charge in [0.2, 0.25) is 6.10 Å². The Balaban J connectivity index is 1.56. The minimum Gasteiger partial charge on any atom is -0.485 e. The number of carbonyl (C=O) groups is 2. The lowest BCUT2D eigenvalue weighted by Crippen LogP contribution is -2.50. The average molecular weight is 383 g/mol. The summed E-state index contributed by atoms with van der Waals surface area (Å²) in [4.78, 5) is 24.3. The van der Waals surface area contributed by atoms with E-state index in [2.05, 4.69) is 26.8 Å². The summed E-state index contributed by atoms with van der Waals surface area (Å²) in [5.41, 5.74) is 4.69. The Morgan fingerprint density at radius 2 is 1.91 bits per heavy atom.